The highest BCUT2D eigenvalue weighted by atomic mass is 16.5. The third-order valence-electron chi connectivity index (χ3n) is 3.96. The Morgan fingerprint density at radius 1 is 1.33 bits per heavy atom. The minimum Gasteiger partial charge on any atom is -0.478 e. The first kappa shape index (κ1) is 16.2. The molecule has 0 spiro atoms. The van der Waals surface area contributed by atoms with Crippen LogP contribution in [0.5, 0.6) is 5.88 Å². The van der Waals surface area contributed by atoms with Crippen LogP contribution in [0.3, 0.4) is 0 Å². The molecule has 1 N–H and O–H groups in total. The highest BCUT2D eigenvalue weighted by Crippen LogP contribution is 2.21. The van der Waals surface area contributed by atoms with Crippen molar-refractivity contribution >= 4 is 0 Å². The maximum atomic E-state index is 5.83. The molecule has 0 amide bonds. The molecule has 0 bridgehead atoms. The van der Waals surface area contributed by atoms with Gasteiger partial charge in [0.05, 0.1) is 12.2 Å². The van der Waals surface area contributed by atoms with Crippen molar-refractivity contribution in [3.8, 4) is 5.88 Å². The first-order chi connectivity index (χ1) is 10.0. The number of aromatic nitrogens is 1. The summed E-state index contributed by atoms with van der Waals surface area (Å²) in [6.45, 7) is 7.78. The van der Waals surface area contributed by atoms with Gasteiger partial charge in [0.1, 0.15) is 0 Å². The fourth-order valence-electron chi connectivity index (χ4n) is 2.03. The molecule has 1 aromatic rings. The van der Waals surface area contributed by atoms with Gasteiger partial charge in [0.25, 0.3) is 0 Å². The van der Waals surface area contributed by atoms with E-state index in [0.717, 1.165) is 37.0 Å². The molecule has 4 heteroatoms. The molecular formula is C17H28N2O2. The summed E-state index contributed by atoms with van der Waals surface area (Å²) in [6, 6.07) is 4.94. The highest BCUT2D eigenvalue weighted by Gasteiger charge is 2.20. The van der Waals surface area contributed by atoms with Gasteiger partial charge >= 0.3 is 0 Å². The number of pyridine rings is 1. The minimum absolute atomic E-state index is 0.154. The summed E-state index contributed by atoms with van der Waals surface area (Å²) in [5.41, 5.74) is 2.19. The number of ether oxygens (including phenoxy) is 2. The Morgan fingerprint density at radius 3 is 2.71 bits per heavy atom. The van der Waals surface area contributed by atoms with Crippen LogP contribution in [0.15, 0.2) is 12.1 Å². The Hall–Kier alpha value is -1.13. The lowest BCUT2D eigenvalue weighted by molar-refractivity contribution is 0.00507. The van der Waals surface area contributed by atoms with Gasteiger partial charge in [0.2, 0.25) is 5.88 Å². The molecule has 118 valence electrons. The standard InChI is InChI=1S/C17H28N2O2/c1-5-14-10-13(12-18-15-6-7-15)11-16(19-14)21-9-8-17(2,3)20-4/h10-11,15,18H,5-9,12H2,1-4H3. The minimum atomic E-state index is -0.154. The van der Waals surface area contributed by atoms with E-state index in [-0.39, 0.29) is 5.60 Å². The SMILES string of the molecule is CCc1cc(CNC2CC2)cc(OCCC(C)(C)OC)n1. The van der Waals surface area contributed by atoms with Gasteiger partial charge in [-0.1, -0.05) is 6.92 Å². The van der Waals surface area contributed by atoms with Gasteiger partial charge < -0.3 is 14.8 Å². The number of hydrogen-bond donors (Lipinski definition) is 1. The molecule has 2 rings (SSSR count). The summed E-state index contributed by atoms with van der Waals surface area (Å²) in [5.74, 6) is 0.730. The zero-order valence-electron chi connectivity index (χ0n) is 13.7. The lowest BCUT2D eigenvalue weighted by atomic mass is 10.1. The summed E-state index contributed by atoms with van der Waals surface area (Å²) < 4.78 is 11.2. The van der Waals surface area contributed by atoms with Crippen LogP contribution >= 0.6 is 0 Å². The number of nitrogens with one attached hydrogen (secondary N) is 1. The molecule has 1 aromatic heterocycles. The Labute approximate surface area is 128 Å². The van der Waals surface area contributed by atoms with Gasteiger partial charge in [-0.05, 0) is 44.7 Å². The Bertz CT molecular complexity index is 456. The highest BCUT2D eigenvalue weighted by molar-refractivity contribution is 5.25. The second-order valence-corrected chi connectivity index (χ2v) is 6.38. The van der Waals surface area contributed by atoms with Crippen LogP contribution in [0.2, 0.25) is 0 Å². The predicted octanol–water partition coefficient (Wildman–Crippen LogP) is 3.09. The first-order valence-electron chi connectivity index (χ1n) is 7.93. The zero-order valence-corrected chi connectivity index (χ0v) is 13.7. The number of hydrogen-bond acceptors (Lipinski definition) is 4. The van der Waals surface area contributed by atoms with Crippen molar-refractivity contribution in [2.75, 3.05) is 13.7 Å². The lowest BCUT2D eigenvalue weighted by Gasteiger charge is -2.22. The second kappa shape index (κ2) is 7.23. The maximum Gasteiger partial charge on any atom is 0.213 e. The normalized spacial score (nSPS) is 15.2. The predicted molar refractivity (Wildman–Crippen MR) is 84.7 cm³/mol. The molecule has 0 aliphatic heterocycles. The van der Waals surface area contributed by atoms with Crippen molar-refractivity contribution in [3.05, 3.63) is 23.4 Å². The largest absolute Gasteiger partial charge is 0.478 e. The average molecular weight is 292 g/mol. The summed E-state index contributed by atoms with van der Waals surface area (Å²) in [6.07, 6.45) is 4.39. The van der Waals surface area contributed by atoms with Gasteiger partial charge in [-0.15, -0.1) is 0 Å². The fourth-order valence-corrected chi connectivity index (χ4v) is 2.03. The average Bonchev–Trinajstić information content (AvgIpc) is 3.29. The van der Waals surface area contributed by atoms with Crippen LogP contribution in [-0.2, 0) is 17.7 Å². The van der Waals surface area contributed by atoms with E-state index >= 15 is 0 Å². The van der Waals surface area contributed by atoms with E-state index < -0.39 is 0 Å². The van der Waals surface area contributed by atoms with Crippen molar-refractivity contribution in [3.63, 3.8) is 0 Å². The number of methoxy groups -OCH3 is 1. The number of rotatable bonds is 9. The van der Waals surface area contributed by atoms with E-state index in [1.54, 1.807) is 7.11 Å². The molecule has 0 aromatic carbocycles. The summed E-state index contributed by atoms with van der Waals surface area (Å²) >= 11 is 0. The van der Waals surface area contributed by atoms with Crippen LogP contribution in [0.4, 0.5) is 0 Å². The van der Waals surface area contributed by atoms with Crippen molar-refractivity contribution in [2.24, 2.45) is 0 Å². The van der Waals surface area contributed by atoms with E-state index in [9.17, 15) is 0 Å². The molecule has 1 aliphatic rings. The maximum absolute atomic E-state index is 5.83. The molecule has 4 nitrogen and oxygen atoms in total. The van der Waals surface area contributed by atoms with Crippen molar-refractivity contribution in [1.29, 1.82) is 0 Å². The molecule has 0 unspecified atom stereocenters. The lowest BCUT2D eigenvalue weighted by Crippen LogP contribution is -2.25. The molecule has 1 aliphatic carbocycles. The van der Waals surface area contributed by atoms with Crippen LogP contribution in [0, 0.1) is 0 Å². The van der Waals surface area contributed by atoms with Gasteiger partial charge in [-0.2, -0.15) is 0 Å². The van der Waals surface area contributed by atoms with E-state index in [1.807, 2.05) is 6.07 Å². The van der Waals surface area contributed by atoms with Crippen LogP contribution in [-0.4, -0.2) is 30.3 Å². The summed E-state index contributed by atoms with van der Waals surface area (Å²) in [5, 5.41) is 3.54. The van der Waals surface area contributed by atoms with E-state index in [4.69, 9.17) is 9.47 Å². The zero-order chi connectivity index (χ0) is 15.3. The van der Waals surface area contributed by atoms with Crippen LogP contribution in [0.25, 0.3) is 0 Å². The fraction of sp³-hybridized carbons (Fsp3) is 0.706. The first-order valence-corrected chi connectivity index (χ1v) is 7.93. The van der Waals surface area contributed by atoms with E-state index in [0.29, 0.717) is 6.61 Å². The summed E-state index contributed by atoms with van der Waals surface area (Å²) in [4.78, 5) is 4.55. The van der Waals surface area contributed by atoms with Gasteiger partial charge in [-0.25, -0.2) is 4.98 Å². The molecule has 0 saturated heterocycles. The second-order valence-electron chi connectivity index (χ2n) is 6.38. The third kappa shape index (κ3) is 5.64. The van der Waals surface area contributed by atoms with E-state index in [2.05, 4.69) is 37.1 Å². The monoisotopic (exact) mass is 292 g/mol. The van der Waals surface area contributed by atoms with Crippen LogP contribution in [0.1, 0.15) is 51.3 Å². The molecular weight excluding hydrogens is 264 g/mol. The molecule has 0 radical (unpaired) electrons. The van der Waals surface area contributed by atoms with E-state index in [1.165, 1.54) is 18.4 Å². The summed E-state index contributed by atoms with van der Waals surface area (Å²) in [7, 11) is 1.73. The van der Waals surface area contributed by atoms with Gasteiger partial charge in [0.15, 0.2) is 0 Å². The van der Waals surface area contributed by atoms with Crippen molar-refractivity contribution < 1.29 is 9.47 Å². The third-order valence-corrected chi connectivity index (χ3v) is 3.96. The van der Waals surface area contributed by atoms with Crippen molar-refractivity contribution in [2.45, 2.75) is 64.6 Å². The Kier molecular flexibility index (Phi) is 5.59. The molecule has 21 heavy (non-hydrogen) atoms. The van der Waals surface area contributed by atoms with Crippen molar-refractivity contribution in [1.82, 2.24) is 10.3 Å². The quantitative estimate of drug-likeness (QED) is 0.759. The Morgan fingerprint density at radius 2 is 2.10 bits per heavy atom. The molecule has 1 fully saturated rings. The molecule has 0 atom stereocenters. The van der Waals surface area contributed by atoms with Gasteiger partial charge in [-0.3, -0.25) is 0 Å². The number of aryl methyl sites for hydroxylation is 1. The molecule has 1 saturated carbocycles. The molecule has 1 heterocycles. The van der Waals surface area contributed by atoms with Gasteiger partial charge in [0, 0.05) is 37.9 Å². The topological polar surface area (TPSA) is 43.4 Å². The smallest absolute Gasteiger partial charge is 0.213 e. The van der Waals surface area contributed by atoms with Crippen LogP contribution < -0.4 is 10.1 Å². The number of nitrogens with zero attached hydrogens (tertiary/aromatic N) is 1. The Balaban J connectivity index is 1.91.